The van der Waals surface area contributed by atoms with Gasteiger partial charge in [0.15, 0.2) is 6.19 Å². The summed E-state index contributed by atoms with van der Waals surface area (Å²) in [6, 6.07) is 14.2. The molecule has 3 atom stereocenters. The lowest BCUT2D eigenvalue weighted by Crippen LogP contribution is -2.43. The fourth-order valence-corrected chi connectivity index (χ4v) is 4.70. The van der Waals surface area contributed by atoms with Crippen molar-refractivity contribution < 1.29 is 4.79 Å². The van der Waals surface area contributed by atoms with Gasteiger partial charge in [0.2, 0.25) is 0 Å². The molecular formula is C22H21N5O. The van der Waals surface area contributed by atoms with Crippen molar-refractivity contribution in [2.45, 2.75) is 44.3 Å². The first-order valence-corrected chi connectivity index (χ1v) is 9.68. The van der Waals surface area contributed by atoms with Gasteiger partial charge < -0.3 is 14.8 Å². The normalized spacial score (nSPS) is 23.1. The summed E-state index contributed by atoms with van der Waals surface area (Å²) in [5.41, 5.74) is 2.63. The lowest BCUT2D eigenvalue weighted by molar-refractivity contribution is 0.0928. The van der Waals surface area contributed by atoms with E-state index in [2.05, 4.69) is 16.5 Å². The molecule has 0 unspecified atom stereocenters. The second kappa shape index (κ2) is 6.38. The first kappa shape index (κ1) is 16.8. The minimum Gasteiger partial charge on any atom is -0.347 e. The third-order valence-electron chi connectivity index (χ3n) is 6.04. The van der Waals surface area contributed by atoms with E-state index in [-0.39, 0.29) is 18.0 Å². The second-order valence-electron chi connectivity index (χ2n) is 7.72. The molecule has 1 N–H and O–H groups in total. The molecule has 1 amide bonds. The largest absolute Gasteiger partial charge is 0.347 e. The Bertz CT molecular complexity index is 1110. The van der Waals surface area contributed by atoms with Crippen LogP contribution < -0.4 is 5.32 Å². The Balaban J connectivity index is 1.39. The molecule has 1 aromatic carbocycles. The van der Waals surface area contributed by atoms with Crippen LogP contribution in [-0.4, -0.2) is 38.5 Å². The van der Waals surface area contributed by atoms with Crippen molar-refractivity contribution >= 4 is 16.8 Å². The van der Waals surface area contributed by atoms with Crippen molar-refractivity contribution in [3.63, 3.8) is 0 Å². The predicted molar refractivity (Wildman–Crippen MR) is 106 cm³/mol. The van der Waals surface area contributed by atoms with E-state index in [0.717, 1.165) is 41.7 Å². The maximum absolute atomic E-state index is 12.8. The van der Waals surface area contributed by atoms with Gasteiger partial charge in [0.25, 0.3) is 5.91 Å². The zero-order valence-corrected chi connectivity index (χ0v) is 15.7. The van der Waals surface area contributed by atoms with Crippen LogP contribution in [0, 0.1) is 18.4 Å². The lowest BCUT2D eigenvalue weighted by Gasteiger charge is -2.21. The summed E-state index contributed by atoms with van der Waals surface area (Å²) in [6.45, 7) is 1.97. The predicted octanol–water partition coefficient (Wildman–Crippen LogP) is 3.15. The number of pyridine rings is 1. The number of carbonyl (C=O) groups excluding carboxylic acids is 1. The quantitative estimate of drug-likeness (QED) is 0.718. The third-order valence-corrected chi connectivity index (χ3v) is 6.04. The monoisotopic (exact) mass is 371 g/mol. The number of amides is 1. The Labute approximate surface area is 163 Å². The number of aromatic nitrogens is 2. The van der Waals surface area contributed by atoms with E-state index >= 15 is 0 Å². The second-order valence-corrected chi connectivity index (χ2v) is 7.72. The molecule has 28 heavy (non-hydrogen) atoms. The summed E-state index contributed by atoms with van der Waals surface area (Å²) < 4.78 is 2.03. The highest BCUT2D eigenvalue weighted by atomic mass is 16.1. The van der Waals surface area contributed by atoms with Gasteiger partial charge in [-0.3, -0.25) is 4.79 Å². The SMILES string of the molecule is Cc1cccc(-n2ccc3cc(C(=O)N[C@@H]4C[C@@H]5CC[C@H]4N5C#N)ccc32)n1. The van der Waals surface area contributed by atoms with Gasteiger partial charge in [-0.25, -0.2) is 4.98 Å². The van der Waals surface area contributed by atoms with E-state index in [9.17, 15) is 10.1 Å². The van der Waals surface area contributed by atoms with Gasteiger partial charge >= 0.3 is 0 Å². The third kappa shape index (κ3) is 2.63. The van der Waals surface area contributed by atoms with Crippen molar-refractivity contribution in [1.29, 1.82) is 5.26 Å². The molecule has 2 aromatic heterocycles. The van der Waals surface area contributed by atoms with Crippen LogP contribution in [0.5, 0.6) is 0 Å². The Morgan fingerprint density at radius 1 is 1.25 bits per heavy atom. The molecular weight excluding hydrogens is 350 g/mol. The van der Waals surface area contributed by atoms with Crippen molar-refractivity contribution in [1.82, 2.24) is 19.8 Å². The molecule has 0 spiro atoms. The van der Waals surface area contributed by atoms with Crippen LogP contribution in [0.3, 0.4) is 0 Å². The number of hydrogen-bond donors (Lipinski definition) is 1. The van der Waals surface area contributed by atoms with E-state index < -0.39 is 0 Å². The lowest BCUT2D eigenvalue weighted by atomic mass is 9.95. The number of benzene rings is 1. The van der Waals surface area contributed by atoms with Crippen LogP contribution in [0.2, 0.25) is 0 Å². The molecule has 2 saturated heterocycles. The highest BCUT2D eigenvalue weighted by Crippen LogP contribution is 2.37. The molecule has 2 aliphatic rings. The maximum Gasteiger partial charge on any atom is 0.251 e. The van der Waals surface area contributed by atoms with Gasteiger partial charge in [-0.15, -0.1) is 0 Å². The molecule has 0 saturated carbocycles. The number of hydrogen-bond acceptors (Lipinski definition) is 4. The molecule has 5 rings (SSSR count). The van der Waals surface area contributed by atoms with E-state index in [1.54, 1.807) is 0 Å². The average Bonchev–Trinajstić information content (AvgIpc) is 3.39. The Morgan fingerprint density at radius 2 is 2.14 bits per heavy atom. The highest BCUT2D eigenvalue weighted by molar-refractivity contribution is 5.98. The zero-order chi connectivity index (χ0) is 19.3. The molecule has 6 heteroatoms. The van der Waals surface area contributed by atoms with E-state index in [0.29, 0.717) is 11.6 Å². The van der Waals surface area contributed by atoms with Crippen molar-refractivity contribution in [3.05, 3.63) is 59.9 Å². The zero-order valence-electron chi connectivity index (χ0n) is 15.7. The topological polar surface area (TPSA) is 74.0 Å². The molecule has 2 bridgehead atoms. The van der Waals surface area contributed by atoms with Crippen LogP contribution in [0.15, 0.2) is 48.7 Å². The van der Waals surface area contributed by atoms with Crippen LogP contribution in [0.25, 0.3) is 16.7 Å². The Hall–Kier alpha value is -3.33. The molecule has 0 radical (unpaired) electrons. The van der Waals surface area contributed by atoms with E-state index in [4.69, 9.17) is 0 Å². The first-order valence-electron chi connectivity index (χ1n) is 9.68. The van der Waals surface area contributed by atoms with Crippen LogP contribution in [0.1, 0.15) is 35.3 Å². The molecule has 2 fully saturated rings. The van der Waals surface area contributed by atoms with E-state index in [1.165, 1.54) is 0 Å². The standard InChI is InChI=1S/C22H21N5O/c1-14-3-2-4-21(24-14)26-10-9-15-11-16(5-7-19(15)26)22(28)25-18-12-17-6-8-20(18)27(17)13-23/h2-5,7,9-11,17-18,20H,6,8,12H2,1H3,(H,25,28)/t17-,18+,20+/m0/s1. The summed E-state index contributed by atoms with van der Waals surface area (Å²) in [6.07, 6.45) is 7.17. The number of nitriles is 1. The molecule has 6 nitrogen and oxygen atoms in total. The average molecular weight is 371 g/mol. The first-order chi connectivity index (χ1) is 13.6. The highest BCUT2D eigenvalue weighted by Gasteiger charge is 2.46. The minimum atomic E-state index is -0.0706. The smallest absolute Gasteiger partial charge is 0.251 e. The van der Waals surface area contributed by atoms with Gasteiger partial charge in [-0.1, -0.05) is 6.07 Å². The number of nitrogens with zero attached hydrogens (tertiary/aromatic N) is 4. The fourth-order valence-electron chi connectivity index (χ4n) is 4.70. The summed E-state index contributed by atoms with van der Waals surface area (Å²) in [7, 11) is 0. The molecule has 4 heterocycles. The number of rotatable bonds is 3. The Kier molecular flexibility index (Phi) is 3.83. The van der Waals surface area contributed by atoms with Gasteiger partial charge in [0.05, 0.1) is 17.6 Å². The van der Waals surface area contributed by atoms with Gasteiger partial charge in [0, 0.05) is 28.9 Å². The maximum atomic E-state index is 12.8. The molecule has 3 aromatic rings. The summed E-state index contributed by atoms with van der Waals surface area (Å²) >= 11 is 0. The number of nitrogens with one attached hydrogen (secondary N) is 1. The molecule has 140 valence electrons. The van der Waals surface area contributed by atoms with Crippen LogP contribution >= 0.6 is 0 Å². The number of fused-ring (bicyclic) bond motifs is 3. The van der Waals surface area contributed by atoms with Gasteiger partial charge in [-0.2, -0.15) is 5.26 Å². The van der Waals surface area contributed by atoms with Gasteiger partial charge in [0.1, 0.15) is 5.82 Å². The van der Waals surface area contributed by atoms with Crippen LogP contribution in [0.4, 0.5) is 0 Å². The Morgan fingerprint density at radius 3 is 2.93 bits per heavy atom. The summed E-state index contributed by atoms with van der Waals surface area (Å²) in [4.78, 5) is 19.3. The number of aryl methyl sites for hydroxylation is 1. The van der Waals surface area contributed by atoms with Crippen molar-refractivity contribution in [2.75, 3.05) is 0 Å². The van der Waals surface area contributed by atoms with Crippen molar-refractivity contribution in [3.8, 4) is 12.0 Å². The number of carbonyl (C=O) groups is 1. The van der Waals surface area contributed by atoms with Gasteiger partial charge in [-0.05, 0) is 62.6 Å². The summed E-state index contributed by atoms with van der Waals surface area (Å²) in [5, 5.41) is 13.5. The fraction of sp³-hybridized carbons (Fsp3) is 0.318. The van der Waals surface area contributed by atoms with Crippen LogP contribution in [-0.2, 0) is 0 Å². The minimum absolute atomic E-state index is 0.0580. The van der Waals surface area contributed by atoms with Crippen molar-refractivity contribution in [2.24, 2.45) is 0 Å². The van der Waals surface area contributed by atoms with E-state index in [1.807, 2.05) is 65.1 Å². The summed E-state index contributed by atoms with van der Waals surface area (Å²) in [5.74, 6) is 0.796. The molecule has 0 aliphatic carbocycles. The molecule has 2 aliphatic heterocycles.